The lowest BCUT2D eigenvalue weighted by Gasteiger charge is -2.26. The highest BCUT2D eigenvalue weighted by atomic mass is 15.2. The smallest absolute Gasteiger partial charge is 0.118 e. The van der Waals surface area contributed by atoms with Crippen LogP contribution in [0.1, 0.15) is 65.2 Å². The molecule has 0 saturated heterocycles. The number of rotatable bonds is 10. The van der Waals surface area contributed by atoms with Crippen LogP contribution in [0.25, 0.3) is 0 Å². The molecule has 3 heteroatoms. The highest BCUT2D eigenvalue weighted by Gasteiger charge is 2.16. The van der Waals surface area contributed by atoms with Gasteiger partial charge in [0.2, 0.25) is 0 Å². The summed E-state index contributed by atoms with van der Waals surface area (Å²) in [6.07, 6.45) is 9.44. The van der Waals surface area contributed by atoms with E-state index in [1.165, 1.54) is 38.5 Å². The average molecular weight is 215 g/mol. The van der Waals surface area contributed by atoms with Crippen LogP contribution in [0.15, 0.2) is 0 Å². The Labute approximate surface area is 95.0 Å². The van der Waals surface area contributed by atoms with Crippen LogP contribution in [-0.2, 0) is 0 Å². The molecule has 0 aromatic rings. The summed E-state index contributed by atoms with van der Waals surface area (Å²) >= 11 is 0. The second-order valence-corrected chi connectivity index (χ2v) is 4.48. The van der Waals surface area contributed by atoms with Gasteiger partial charge < -0.3 is 11.5 Å². The van der Waals surface area contributed by atoms with Crippen molar-refractivity contribution in [2.45, 2.75) is 71.0 Å². The molecule has 0 bridgehead atoms. The predicted molar refractivity (Wildman–Crippen MR) is 67.4 cm³/mol. The van der Waals surface area contributed by atoms with E-state index in [0.717, 1.165) is 19.4 Å². The molecule has 3 nitrogen and oxygen atoms in total. The Morgan fingerprint density at radius 1 is 0.867 bits per heavy atom. The van der Waals surface area contributed by atoms with Crippen LogP contribution in [0.4, 0.5) is 0 Å². The van der Waals surface area contributed by atoms with Crippen LogP contribution < -0.4 is 16.8 Å². The Bertz CT molecular complexity index is 135. The molecule has 0 aromatic carbocycles. The maximum atomic E-state index is 5.94. The minimum atomic E-state index is -0.651. The molecule has 0 radical (unpaired) electrons. The van der Waals surface area contributed by atoms with Gasteiger partial charge in [-0.15, -0.1) is 0 Å². The number of hydrogen-bond donors (Lipinski definition) is 3. The molecule has 92 valence electrons. The third-order valence-corrected chi connectivity index (χ3v) is 2.68. The van der Waals surface area contributed by atoms with Gasteiger partial charge in [0.25, 0.3) is 0 Å². The normalized spacial score (nSPS) is 12.0. The minimum absolute atomic E-state index is 0.651. The summed E-state index contributed by atoms with van der Waals surface area (Å²) in [5, 5.41) is 3.23. The first-order valence-corrected chi connectivity index (χ1v) is 6.45. The summed E-state index contributed by atoms with van der Waals surface area (Å²) in [7, 11) is 0. The first-order chi connectivity index (χ1) is 7.12. The SMILES string of the molecule is CCCCCCNC(N)(N)CCCCC. The van der Waals surface area contributed by atoms with Gasteiger partial charge in [-0.25, -0.2) is 0 Å². The van der Waals surface area contributed by atoms with Gasteiger partial charge in [-0.05, 0) is 25.8 Å². The Hall–Kier alpha value is -0.120. The molecule has 0 fully saturated rings. The highest BCUT2D eigenvalue weighted by Crippen LogP contribution is 2.05. The first-order valence-electron chi connectivity index (χ1n) is 6.45. The lowest BCUT2D eigenvalue weighted by Crippen LogP contribution is -2.61. The zero-order valence-corrected chi connectivity index (χ0v) is 10.5. The molecule has 0 aromatic heterocycles. The lowest BCUT2D eigenvalue weighted by molar-refractivity contribution is 0.308. The van der Waals surface area contributed by atoms with Gasteiger partial charge in [-0.1, -0.05) is 46.0 Å². The molecule has 0 saturated carbocycles. The Balaban J connectivity index is 3.38. The number of nitrogens with one attached hydrogen (secondary N) is 1. The van der Waals surface area contributed by atoms with E-state index in [-0.39, 0.29) is 0 Å². The van der Waals surface area contributed by atoms with E-state index in [9.17, 15) is 0 Å². The highest BCUT2D eigenvalue weighted by molar-refractivity contribution is 4.73. The summed E-state index contributed by atoms with van der Waals surface area (Å²) < 4.78 is 0. The van der Waals surface area contributed by atoms with Crippen LogP contribution in [0, 0.1) is 0 Å². The molecule has 0 amide bonds. The van der Waals surface area contributed by atoms with Gasteiger partial charge in [0, 0.05) is 0 Å². The molecule has 0 heterocycles. The van der Waals surface area contributed by atoms with Crippen LogP contribution >= 0.6 is 0 Å². The third-order valence-electron chi connectivity index (χ3n) is 2.68. The third kappa shape index (κ3) is 10.2. The molecule has 0 aliphatic rings. The average Bonchev–Trinajstić information content (AvgIpc) is 2.17. The molecule has 0 spiro atoms. The van der Waals surface area contributed by atoms with E-state index in [2.05, 4.69) is 19.2 Å². The van der Waals surface area contributed by atoms with E-state index in [1.807, 2.05) is 0 Å². The van der Waals surface area contributed by atoms with Crippen LogP contribution in [-0.4, -0.2) is 12.3 Å². The summed E-state index contributed by atoms with van der Waals surface area (Å²) in [5.74, 6) is -0.651. The van der Waals surface area contributed by atoms with Crippen LogP contribution in [0.5, 0.6) is 0 Å². The zero-order valence-electron chi connectivity index (χ0n) is 10.5. The van der Waals surface area contributed by atoms with Crippen molar-refractivity contribution in [3.05, 3.63) is 0 Å². The quantitative estimate of drug-likeness (QED) is 0.387. The largest absolute Gasteiger partial charge is 0.301 e. The van der Waals surface area contributed by atoms with Gasteiger partial charge in [0.1, 0.15) is 5.79 Å². The van der Waals surface area contributed by atoms with Gasteiger partial charge in [0.15, 0.2) is 0 Å². The van der Waals surface area contributed by atoms with Crippen molar-refractivity contribution in [1.29, 1.82) is 0 Å². The molecule has 15 heavy (non-hydrogen) atoms. The molecule has 5 N–H and O–H groups in total. The van der Waals surface area contributed by atoms with Crippen molar-refractivity contribution < 1.29 is 0 Å². The van der Waals surface area contributed by atoms with Crippen molar-refractivity contribution in [2.24, 2.45) is 11.5 Å². The Kier molecular flexibility index (Phi) is 9.06. The van der Waals surface area contributed by atoms with Crippen LogP contribution in [0.2, 0.25) is 0 Å². The van der Waals surface area contributed by atoms with Crippen LogP contribution in [0.3, 0.4) is 0 Å². The van der Waals surface area contributed by atoms with E-state index >= 15 is 0 Å². The molecule has 0 unspecified atom stereocenters. The Morgan fingerprint density at radius 2 is 1.47 bits per heavy atom. The fourth-order valence-electron chi connectivity index (χ4n) is 1.63. The fourth-order valence-corrected chi connectivity index (χ4v) is 1.63. The van der Waals surface area contributed by atoms with Gasteiger partial charge in [-0.3, -0.25) is 5.32 Å². The van der Waals surface area contributed by atoms with Crippen molar-refractivity contribution in [3.63, 3.8) is 0 Å². The van der Waals surface area contributed by atoms with Crippen molar-refractivity contribution >= 4 is 0 Å². The zero-order chi connectivity index (χ0) is 11.6. The lowest BCUT2D eigenvalue weighted by atomic mass is 10.1. The van der Waals surface area contributed by atoms with E-state index in [0.29, 0.717) is 0 Å². The standard InChI is InChI=1S/C12H29N3/c1-3-5-7-9-11-15-12(13,14)10-8-6-4-2/h15H,3-11,13-14H2,1-2H3. The maximum Gasteiger partial charge on any atom is 0.118 e. The molecular weight excluding hydrogens is 186 g/mol. The van der Waals surface area contributed by atoms with E-state index in [1.54, 1.807) is 0 Å². The molecule has 0 atom stereocenters. The summed E-state index contributed by atoms with van der Waals surface area (Å²) in [5.41, 5.74) is 11.9. The van der Waals surface area contributed by atoms with Gasteiger partial charge >= 0.3 is 0 Å². The molecule has 0 aliphatic carbocycles. The number of unbranched alkanes of at least 4 members (excludes halogenated alkanes) is 5. The summed E-state index contributed by atoms with van der Waals surface area (Å²) in [6, 6.07) is 0. The molecular formula is C12H29N3. The Morgan fingerprint density at radius 3 is 2.07 bits per heavy atom. The van der Waals surface area contributed by atoms with E-state index in [4.69, 9.17) is 11.5 Å². The predicted octanol–water partition coefficient (Wildman–Crippen LogP) is 2.31. The second kappa shape index (κ2) is 9.13. The van der Waals surface area contributed by atoms with Gasteiger partial charge in [0.05, 0.1) is 0 Å². The number of nitrogens with two attached hydrogens (primary N) is 2. The molecule has 0 rings (SSSR count). The van der Waals surface area contributed by atoms with Crippen molar-refractivity contribution in [3.8, 4) is 0 Å². The first kappa shape index (κ1) is 14.9. The summed E-state index contributed by atoms with van der Waals surface area (Å²) in [4.78, 5) is 0. The van der Waals surface area contributed by atoms with Crippen molar-refractivity contribution in [1.82, 2.24) is 5.32 Å². The topological polar surface area (TPSA) is 64.1 Å². The monoisotopic (exact) mass is 215 g/mol. The number of hydrogen-bond acceptors (Lipinski definition) is 3. The van der Waals surface area contributed by atoms with Crippen molar-refractivity contribution in [2.75, 3.05) is 6.54 Å². The minimum Gasteiger partial charge on any atom is -0.301 e. The summed E-state index contributed by atoms with van der Waals surface area (Å²) in [6.45, 7) is 5.35. The molecule has 0 aliphatic heterocycles. The maximum absolute atomic E-state index is 5.94. The van der Waals surface area contributed by atoms with E-state index < -0.39 is 5.79 Å². The van der Waals surface area contributed by atoms with Gasteiger partial charge in [-0.2, -0.15) is 0 Å². The second-order valence-electron chi connectivity index (χ2n) is 4.48. The fraction of sp³-hybridized carbons (Fsp3) is 1.00.